The third-order valence-electron chi connectivity index (χ3n) is 4.76. The van der Waals surface area contributed by atoms with E-state index in [0.717, 1.165) is 5.75 Å². The van der Waals surface area contributed by atoms with E-state index in [-0.39, 0.29) is 0 Å². The topological polar surface area (TPSA) is 0 Å². The molecule has 0 fully saturated rings. The van der Waals surface area contributed by atoms with Crippen LogP contribution in [0.4, 0.5) is 0 Å². The molecular formula is C22H44S. The van der Waals surface area contributed by atoms with Gasteiger partial charge in [0.15, 0.2) is 0 Å². The van der Waals surface area contributed by atoms with Crippen LogP contribution >= 0.6 is 12.6 Å². The molecule has 0 N–H and O–H groups in total. The summed E-state index contributed by atoms with van der Waals surface area (Å²) in [5, 5.41) is 0. The third kappa shape index (κ3) is 22.1. The van der Waals surface area contributed by atoms with Crippen LogP contribution in [0.25, 0.3) is 0 Å². The van der Waals surface area contributed by atoms with Gasteiger partial charge >= 0.3 is 0 Å². The molecule has 0 aromatic carbocycles. The summed E-state index contributed by atoms with van der Waals surface area (Å²) in [5.74, 6) is 1.06. The quantitative estimate of drug-likeness (QED) is 0.136. The summed E-state index contributed by atoms with van der Waals surface area (Å²) >= 11 is 4.26. The largest absolute Gasteiger partial charge is 0.179 e. The van der Waals surface area contributed by atoms with Crippen molar-refractivity contribution >= 4 is 12.6 Å². The van der Waals surface area contributed by atoms with E-state index in [9.17, 15) is 0 Å². The molecule has 0 heterocycles. The van der Waals surface area contributed by atoms with Gasteiger partial charge in [-0.2, -0.15) is 12.6 Å². The Kier molecular flexibility index (Phi) is 20.2. The first-order valence-corrected chi connectivity index (χ1v) is 11.2. The molecule has 0 rings (SSSR count). The summed E-state index contributed by atoms with van der Waals surface area (Å²) in [6, 6.07) is 0. The van der Waals surface area contributed by atoms with E-state index < -0.39 is 0 Å². The fraction of sp³-hybridized carbons (Fsp3) is 0.909. The minimum absolute atomic E-state index is 1.06. The monoisotopic (exact) mass is 340 g/mol. The zero-order valence-electron chi connectivity index (χ0n) is 16.1. The minimum Gasteiger partial charge on any atom is -0.179 e. The summed E-state index contributed by atoms with van der Waals surface area (Å²) in [6.07, 6.45) is 25.6. The molecule has 138 valence electrons. The molecule has 0 aliphatic carbocycles. The third-order valence-corrected chi connectivity index (χ3v) is 5.08. The van der Waals surface area contributed by atoms with Gasteiger partial charge < -0.3 is 0 Å². The molecule has 0 unspecified atom stereocenters. The molecule has 0 radical (unpaired) electrons. The van der Waals surface area contributed by atoms with Crippen LogP contribution in [0, 0.1) is 0 Å². The van der Waals surface area contributed by atoms with Crippen molar-refractivity contribution in [3.8, 4) is 0 Å². The highest BCUT2D eigenvalue weighted by atomic mass is 32.1. The van der Waals surface area contributed by atoms with Gasteiger partial charge in [-0.25, -0.2) is 0 Å². The smallest absolute Gasteiger partial charge is 0.00979 e. The molecule has 0 nitrogen and oxygen atoms in total. The van der Waals surface area contributed by atoms with Crippen LogP contribution in [-0.2, 0) is 0 Å². The number of hydrogen-bond donors (Lipinski definition) is 1. The van der Waals surface area contributed by atoms with E-state index in [1.165, 1.54) is 121 Å². The van der Waals surface area contributed by atoms with Gasteiger partial charge in [0.25, 0.3) is 0 Å². The van der Waals surface area contributed by atoms with Crippen molar-refractivity contribution in [3.05, 3.63) is 12.2 Å². The number of thiol groups is 1. The molecule has 0 spiro atoms. The van der Waals surface area contributed by atoms with Crippen molar-refractivity contribution < 1.29 is 0 Å². The molecule has 23 heavy (non-hydrogen) atoms. The summed E-state index contributed by atoms with van der Waals surface area (Å²) < 4.78 is 0. The van der Waals surface area contributed by atoms with E-state index in [0.29, 0.717) is 0 Å². The van der Waals surface area contributed by atoms with Gasteiger partial charge in [0, 0.05) is 0 Å². The number of allylic oxidation sites excluding steroid dienone is 1. The second-order valence-electron chi connectivity index (χ2n) is 7.44. The maximum atomic E-state index is 4.26. The molecule has 0 aromatic heterocycles. The fourth-order valence-corrected chi connectivity index (χ4v) is 3.41. The van der Waals surface area contributed by atoms with Crippen molar-refractivity contribution in [2.75, 3.05) is 5.75 Å². The maximum Gasteiger partial charge on any atom is -0.00979 e. The molecule has 0 bridgehead atoms. The molecule has 1 heteroatoms. The number of unbranched alkanes of at least 4 members (excludes halogenated alkanes) is 16. The first kappa shape index (κ1) is 23.1. The Morgan fingerprint density at radius 1 is 0.522 bits per heavy atom. The van der Waals surface area contributed by atoms with Gasteiger partial charge in [0.05, 0.1) is 0 Å². The van der Waals surface area contributed by atoms with E-state index in [2.05, 4.69) is 26.1 Å². The second-order valence-corrected chi connectivity index (χ2v) is 7.89. The molecule has 0 aromatic rings. The van der Waals surface area contributed by atoms with Gasteiger partial charge in [-0.05, 0) is 31.9 Å². The van der Waals surface area contributed by atoms with Crippen molar-refractivity contribution in [2.45, 2.75) is 122 Å². The van der Waals surface area contributed by atoms with Crippen molar-refractivity contribution in [1.29, 1.82) is 0 Å². The predicted molar refractivity (Wildman–Crippen MR) is 112 cm³/mol. The lowest BCUT2D eigenvalue weighted by Gasteiger charge is -2.04. The number of rotatable bonds is 19. The van der Waals surface area contributed by atoms with E-state index in [1.807, 2.05) is 0 Å². The lowest BCUT2D eigenvalue weighted by atomic mass is 10.0. The highest BCUT2D eigenvalue weighted by molar-refractivity contribution is 7.80. The van der Waals surface area contributed by atoms with Crippen LogP contribution in [0.5, 0.6) is 0 Å². The van der Waals surface area contributed by atoms with Gasteiger partial charge in [0.2, 0.25) is 0 Å². The van der Waals surface area contributed by atoms with Crippen LogP contribution < -0.4 is 0 Å². The van der Waals surface area contributed by atoms with Crippen LogP contribution in [0.1, 0.15) is 122 Å². The number of hydrogen-bond acceptors (Lipinski definition) is 1. The average Bonchev–Trinajstić information content (AvgIpc) is 2.53. The Morgan fingerprint density at radius 2 is 0.783 bits per heavy atom. The molecule has 0 atom stereocenters. The first-order valence-electron chi connectivity index (χ1n) is 10.5. The summed E-state index contributed by atoms with van der Waals surface area (Å²) in [4.78, 5) is 0. The van der Waals surface area contributed by atoms with Gasteiger partial charge in [-0.3, -0.25) is 0 Å². The highest BCUT2D eigenvalue weighted by Crippen LogP contribution is 2.14. The summed E-state index contributed by atoms with van der Waals surface area (Å²) in [5.41, 5.74) is 1.35. The average molecular weight is 341 g/mol. The van der Waals surface area contributed by atoms with E-state index >= 15 is 0 Å². The van der Waals surface area contributed by atoms with E-state index in [4.69, 9.17) is 0 Å². The van der Waals surface area contributed by atoms with Crippen LogP contribution in [0.3, 0.4) is 0 Å². The Hall–Kier alpha value is 0.0900. The second kappa shape index (κ2) is 20.1. The lowest BCUT2D eigenvalue weighted by molar-refractivity contribution is 0.527. The molecule has 0 aliphatic rings. The first-order chi connectivity index (χ1) is 11.3. The molecule has 0 saturated heterocycles. The fourth-order valence-electron chi connectivity index (χ4n) is 3.19. The van der Waals surface area contributed by atoms with E-state index in [1.54, 1.807) is 0 Å². The Labute approximate surface area is 153 Å². The zero-order chi connectivity index (χ0) is 17.0. The van der Waals surface area contributed by atoms with Crippen molar-refractivity contribution in [3.63, 3.8) is 0 Å². The van der Waals surface area contributed by atoms with Crippen molar-refractivity contribution in [2.24, 2.45) is 0 Å². The van der Waals surface area contributed by atoms with Gasteiger partial charge in [-0.1, -0.05) is 102 Å². The Balaban J connectivity index is 2.96. The molecule has 0 amide bonds. The summed E-state index contributed by atoms with van der Waals surface area (Å²) in [7, 11) is 0. The molecular weight excluding hydrogens is 296 g/mol. The van der Waals surface area contributed by atoms with Crippen LogP contribution in [0.15, 0.2) is 12.2 Å². The Morgan fingerprint density at radius 3 is 1.04 bits per heavy atom. The van der Waals surface area contributed by atoms with Gasteiger partial charge in [0.1, 0.15) is 0 Å². The molecule has 0 aliphatic heterocycles. The van der Waals surface area contributed by atoms with Crippen molar-refractivity contribution in [1.82, 2.24) is 0 Å². The lowest BCUT2D eigenvalue weighted by Crippen LogP contribution is -1.84. The highest BCUT2D eigenvalue weighted by Gasteiger charge is 1.95. The summed E-state index contributed by atoms with van der Waals surface area (Å²) in [6.45, 7) is 6.11. The predicted octanol–water partition coefficient (Wildman–Crippen LogP) is 8.51. The molecule has 0 saturated carbocycles. The Bertz CT molecular complexity index is 234. The minimum atomic E-state index is 1.06. The van der Waals surface area contributed by atoms with Crippen LogP contribution in [0.2, 0.25) is 0 Å². The normalized spacial score (nSPS) is 11.0. The maximum absolute atomic E-state index is 4.26. The SMILES string of the molecule is C=C(C)CCCCCCCCCCCCCCCCCCCS. The standard InChI is InChI=1S/C22H44S/c1-22(2)20-18-16-14-12-10-8-6-4-3-5-7-9-11-13-15-17-19-21-23/h23H,1,3-21H2,2H3. The van der Waals surface area contributed by atoms with Crippen LogP contribution in [-0.4, -0.2) is 5.75 Å². The zero-order valence-corrected chi connectivity index (χ0v) is 17.0. The van der Waals surface area contributed by atoms with Gasteiger partial charge in [-0.15, -0.1) is 6.58 Å².